The average molecular weight is 297 g/mol. The maximum atomic E-state index is 13.6. The van der Waals surface area contributed by atoms with E-state index in [0.29, 0.717) is 23.1 Å². The predicted octanol–water partition coefficient (Wildman–Crippen LogP) is 3.79. The van der Waals surface area contributed by atoms with Gasteiger partial charge in [-0.15, -0.1) is 11.6 Å². The molecule has 3 rings (SSSR count). The first kappa shape index (κ1) is 13.8. The molecule has 0 amide bonds. The first-order chi connectivity index (χ1) is 9.69. The van der Waals surface area contributed by atoms with Crippen LogP contribution in [-0.4, -0.2) is 22.3 Å². The number of aryl methyl sites for hydroxylation is 2. The molecule has 0 saturated carbocycles. The lowest BCUT2D eigenvalue weighted by molar-refractivity contribution is 0.100. The van der Waals surface area contributed by atoms with Crippen LogP contribution in [0.5, 0.6) is 0 Å². The van der Waals surface area contributed by atoms with Gasteiger partial charge in [-0.3, -0.25) is 0 Å². The van der Waals surface area contributed by atoms with E-state index in [4.69, 9.17) is 16.3 Å². The molecule has 1 aliphatic heterocycles. The molecular weight excluding hydrogens is 279 g/mol. The Hall–Kier alpha value is -1.13. The molecule has 5 heteroatoms. The summed E-state index contributed by atoms with van der Waals surface area (Å²) in [5.74, 6) is 0.910. The summed E-state index contributed by atoms with van der Waals surface area (Å²) < 4.78 is 21.4. The third-order valence-corrected chi connectivity index (χ3v) is 4.16. The molecule has 0 radical (unpaired) electrons. The first-order valence-electron chi connectivity index (χ1n) is 7.02. The summed E-state index contributed by atoms with van der Waals surface area (Å²) in [6, 6.07) is 3.34. The molecule has 1 saturated heterocycles. The van der Waals surface area contributed by atoms with Crippen LogP contribution in [-0.2, 0) is 17.2 Å². The van der Waals surface area contributed by atoms with Crippen molar-refractivity contribution >= 4 is 22.6 Å². The number of nitrogens with zero attached hydrogens (tertiary/aromatic N) is 2. The lowest BCUT2D eigenvalue weighted by Crippen LogP contribution is -2.11. The Morgan fingerprint density at radius 2 is 2.35 bits per heavy atom. The third kappa shape index (κ3) is 2.54. The quantitative estimate of drug-likeness (QED) is 0.803. The SMILES string of the molecule is Cc1cc2c(cc1F)nc(CCl)n2CCC1CCCO1. The Labute approximate surface area is 122 Å². The van der Waals surface area contributed by atoms with E-state index in [1.165, 1.54) is 6.07 Å². The number of halogens is 2. The molecule has 0 N–H and O–H groups in total. The minimum Gasteiger partial charge on any atom is -0.378 e. The van der Waals surface area contributed by atoms with Crippen LogP contribution < -0.4 is 0 Å². The molecular formula is C15H18ClFN2O. The van der Waals surface area contributed by atoms with Crippen LogP contribution in [0.3, 0.4) is 0 Å². The molecule has 0 bridgehead atoms. The summed E-state index contributed by atoms with van der Waals surface area (Å²) in [4.78, 5) is 4.43. The standard InChI is InChI=1S/C15H18ClFN2O/c1-10-7-14-13(8-12(10)17)18-15(9-16)19(14)5-4-11-3-2-6-20-11/h7-8,11H,2-6,9H2,1H3. The minimum atomic E-state index is -0.220. The fraction of sp³-hybridized carbons (Fsp3) is 0.533. The highest BCUT2D eigenvalue weighted by atomic mass is 35.5. The van der Waals surface area contributed by atoms with Crippen molar-refractivity contribution in [1.29, 1.82) is 0 Å². The van der Waals surface area contributed by atoms with Gasteiger partial charge >= 0.3 is 0 Å². The van der Waals surface area contributed by atoms with Crippen molar-refractivity contribution in [2.45, 2.75) is 44.7 Å². The molecule has 1 fully saturated rings. The zero-order valence-corrected chi connectivity index (χ0v) is 12.3. The summed E-state index contributed by atoms with van der Waals surface area (Å²) in [6.07, 6.45) is 3.54. The van der Waals surface area contributed by atoms with E-state index >= 15 is 0 Å². The second-order valence-electron chi connectivity index (χ2n) is 5.33. The van der Waals surface area contributed by atoms with Gasteiger partial charge in [0.25, 0.3) is 0 Å². The van der Waals surface area contributed by atoms with Crippen molar-refractivity contribution in [2.75, 3.05) is 6.61 Å². The van der Waals surface area contributed by atoms with Crippen molar-refractivity contribution in [3.63, 3.8) is 0 Å². The van der Waals surface area contributed by atoms with E-state index in [0.717, 1.165) is 43.8 Å². The molecule has 20 heavy (non-hydrogen) atoms. The zero-order chi connectivity index (χ0) is 14.1. The van der Waals surface area contributed by atoms with Gasteiger partial charge in [-0.2, -0.15) is 0 Å². The molecule has 2 heterocycles. The largest absolute Gasteiger partial charge is 0.378 e. The molecule has 1 aliphatic rings. The topological polar surface area (TPSA) is 27.1 Å². The molecule has 0 spiro atoms. The summed E-state index contributed by atoms with van der Waals surface area (Å²) in [5.41, 5.74) is 2.27. The maximum Gasteiger partial charge on any atom is 0.128 e. The second kappa shape index (κ2) is 5.70. The van der Waals surface area contributed by atoms with Gasteiger partial charge in [-0.25, -0.2) is 9.37 Å². The van der Waals surface area contributed by atoms with Crippen LogP contribution >= 0.6 is 11.6 Å². The molecule has 1 unspecified atom stereocenters. The number of ether oxygens (including phenoxy) is 1. The minimum absolute atomic E-state index is 0.220. The lowest BCUT2D eigenvalue weighted by Gasteiger charge is -2.12. The number of rotatable bonds is 4. The third-order valence-electron chi connectivity index (χ3n) is 3.93. The smallest absolute Gasteiger partial charge is 0.128 e. The highest BCUT2D eigenvalue weighted by Gasteiger charge is 2.18. The van der Waals surface area contributed by atoms with Gasteiger partial charge in [0, 0.05) is 19.2 Å². The van der Waals surface area contributed by atoms with Crippen molar-refractivity contribution in [1.82, 2.24) is 9.55 Å². The van der Waals surface area contributed by atoms with Crippen LogP contribution in [0.15, 0.2) is 12.1 Å². The Balaban J connectivity index is 1.92. The number of hydrogen-bond acceptors (Lipinski definition) is 2. The normalized spacial score (nSPS) is 19.1. The van der Waals surface area contributed by atoms with Crippen molar-refractivity contribution in [2.24, 2.45) is 0 Å². The fourth-order valence-corrected chi connectivity index (χ4v) is 3.00. The molecule has 2 aromatic rings. The lowest BCUT2D eigenvalue weighted by atomic mass is 10.1. The van der Waals surface area contributed by atoms with Gasteiger partial charge in [0.2, 0.25) is 0 Å². The highest BCUT2D eigenvalue weighted by molar-refractivity contribution is 6.16. The summed E-state index contributed by atoms with van der Waals surface area (Å²) >= 11 is 5.97. The Kier molecular flexibility index (Phi) is 3.94. The van der Waals surface area contributed by atoms with E-state index in [1.807, 2.05) is 6.07 Å². The maximum absolute atomic E-state index is 13.6. The van der Waals surface area contributed by atoms with Crippen LogP contribution in [0.4, 0.5) is 4.39 Å². The number of benzene rings is 1. The van der Waals surface area contributed by atoms with Crippen LogP contribution in [0.2, 0.25) is 0 Å². The predicted molar refractivity (Wildman–Crippen MR) is 77.6 cm³/mol. The zero-order valence-electron chi connectivity index (χ0n) is 11.5. The van der Waals surface area contributed by atoms with Crippen LogP contribution in [0.1, 0.15) is 30.7 Å². The molecule has 108 valence electrons. The number of hydrogen-bond donors (Lipinski definition) is 0. The molecule has 1 aromatic heterocycles. The Morgan fingerprint density at radius 1 is 1.50 bits per heavy atom. The molecule has 1 atom stereocenters. The molecule has 3 nitrogen and oxygen atoms in total. The van der Waals surface area contributed by atoms with Gasteiger partial charge < -0.3 is 9.30 Å². The van der Waals surface area contributed by atoms with Crippen molar-refractivity contribution in [3.8, 4) is 0 Å². The number of imidazole rings is 1. The van der Waals surface area contributed by atoms with E-state index < -0.39 is 0 Å². The van der Waals surface area contributed by atoms with Crippen molar-refractivity contribution in [3.05, 3.63) is 29.3 Å². The molecule has 1 aromatic carbocycles. The van der Waals surface area contributed by atoms with Crippen LogP contribution in [0.25, 0.3) is 11.0 Å². The van der Waals surface area contributed by atoms with E-state index in [1.54, 1.807) is 6.92 Å². The second-order valence-corrected chi connectivity index (χ2v) is 5.59. The monoisotopic (exact) mass is 296 g/mol. The van der Waals surface area contributed by atoms with Gasteiger partial charge in [0.1, 0.15) is 11.6 Å². The Bertz CT molecular complexity index is 620. The van der Waals surface area contributed by atoms with Gasteiger partial charge in [0.15, 0.2) is 0 Å². The highest BCUT2D eigenvalue weighted by Crippen LogP contribution is 2.23. The fourth-order valence-electron chi connectivity index (χ4n) is 2.80. The Morgan fingerprint density at radius 3 is 3.05 bits per heavy atom. The average Bonchev–Trinajstić information content (AvgIpc) is 3.05. The van der Waals surface area contributed by atoms with Gasteiger partial charge in [-0.1, -0.05) is 0 Å². The number of aromatic nitrogens is 2. The molecule has 0 aliphatic carbocycles. The van der Waals surface area contributed by atoms with Crippen molar-refractivity contribution < 1.29 is 9.13 Å². The van der Waals surface area contributed by atoms with E-state index in [2.05, 4.69) is 9.55 Å². The first-order valence-corrected chi connectivity index (χ1v) is 7.55. The van der Waals surface area contributed by atoms with E-state index in [-0.39, 0.29) is 5.82 Å². The van der Waals surface area contributed by atoms with E-state index in [9.17, 15) is 4.39 Å². The van der Waals surface area contributed by atoms with Gasteiger partial charge in [-0.05, 0) is 37.8 Å². The summed E-state index contributed by atoms with van der Waals surface area (Å²) in [7, 11) is 0. The number of alkyl halides is 1. The summed E-state index contributed by atoms with van der Waals surface area (Å²) in [6.45, 7) is 3.45. The van der Waals surface area contributed by atoms with Gasteiger partial charge in [0.05, 0.1) is 23.0 Å². The van der Waals surface area contributed by atoms with Crippen LogP contribution in [0, 0.1) is 12.7 Å². The summed E-state index contributed by atoms with van der Waals surface area (Å²) in [5, 5.41) is 0. The number of fused-ring (bicyclic) bond motifs is 1.